The second-order valence-electron chi connectivity index (χ2n) is 9.04. The minimum Gasteiger partial charge on any atom is -0.355 e. The predicted octanol–water partition coefficient (Wildman–Crippen LogP) is 3.36. The summed E-state index contributed by atoms with van der Waals surface area (Å²) in [5.74, 6) is 1.84. The molecule has 1 atom stereocenters. The second-order valence-corrected chi connectivity index (χ2v) is 10.2. The summed E-state index contributed by atoms with van der Waals surface area (Å²) >= 11 is 1.61. The lowest BCUT2D eigenvalue weighted by Gasteiger charge is -2.34. The first-order valence-electron chi connectivity index (χ1n) is 10.9. The lowest BCUT2D eigenvalue weighted by Crippen LogP contribution is -2.45. The number of fused-ring (bicyclic) bond motifs is 1. The highest BCUT2D eigenvalue weighted by Gasteiger charge is 2.28. The molecule has 0 aromatic carbocycles. The molecule has 0 radical (unpaired) electrons. The van der Waals surface area contributed by atoms with Gasteiger partial charge < -0.3 is 5.32 Å². The van der Waals surface area contributed by atoms with Gasteiger partial charge in [-0.05, 0) is 57.6 Å². The van der Waals surface area contributed by atoms with Gasteiger partial charge in [0.2, 0.25) is 5.91 Å². The zero-order valence-corrected chi connectivity index (χ0v) is 18.8. The molecule has 7 heteroatoms. The zero-order chi connectivity index (χ0) is 20.7. The van der Waals surface area contributed by atoms with E-state index in [2.05, 4.69) is 31.0 Å². The number of hydrogen-bond acceptors (Lipinski definition) is 5. The smallest absolute Gasteiger partial charge is 0.262 e. The predicted molar refractivity (Wildman–Crippen MR) is 118 cm³/mol. The number of amides is 1. The maximum Gasteiger partial charge on any atom is 0.262 e. The van der Waals surface area contributed by atoms with Crippen molar-refractivity contribution < 1.29 is 4.79 Å². The van der Waals surface area contributed by atoms with Crippen molar-refractivity contribution in [2.45, 2.75) is 65.3 Å². The van der Waals surface area contributed by atoms with Crippen LogP contribution in [0.1, 0.15) is 67.8 Å². The van der Waals surface area contributed by atoms with Gasteiger partial charge in [0.1, 0.15) is 10.7 Å². The molecule has 2 aromatic heterocycles. The first kappa shape index (κ1) is 20.5. The molecule has 1 amide bonds. The van der Waals surface area contributed by atoms with Crippen LogP contribution in [0.5, 0.6) is 0 Å². The summed E-state index contributed by atoms with van der Waals surface area (Å²) in [6.07, 6.45) is 4.42. The Kier molecular flexibility index (Phi) is 5.80. The first-order valence-corrected chi connectivity index (χ1v) is 11.7. The van der Waals surface area contributed by atoms with Crippen LogP contribution < -0.4 is 10.9 Å². The SMILES string of the molecule is Cc1sc2nc(C(C)C)n([C@H]3CCCN(CC(=O)NCC4CC4)C3)c(=O)c2c1C. The molecule has 29 heavy (non-hydrogen) atoms. The summed E-state index contributed by atoms with van der Waals surface area (Å²) in [6, 6.07) is 0.0707. The highest BCUT2D eigenvalue weighted by Crippen LogP contribution is 2.30. The Hall–Kier alpha value is -1.73. The van der Waals surface area contributed by atoms with Gasteiger partial charge in [0, 0.05) is 23.9 Å². The topological polar surface area (TPSA) is 67.2 Å². The molecule has 0 spiro atoms. The molecule has 2 fully saturated rings. The Labute approximate surface area is 176 Å². The summed E-state index contributed by atoms with van der Waals surface area (Å²) in [5.41, 5.74) is 1.14. The maximum absolute atomic E-state index is 13.5. The zero-order valence-electron chi connectivity index (χ0n) is 18.0. The molecular weight excluding hydrogens is 384 g/mol. The molecule has 2 aromatic rings. The van der Waals surface area contributed by atoms with Crippen molar-refractivity contribution in [3.63, 3.8) is 0 Å². The van der Waals surface area contributed by atoms with Crippen molar-refractivity contribution in [2.24, 2.45) is 5.92 Å². The molecule has 1 aliphatic carbocycles. The lowest BCUT2D eigenvalue weighted by molar-refractivity contribution is -0.122. The van der Waals surface area contributed by atoms with Gasteiger partial charge in [0.15, 0.2) is 0 Å². The fraction of sp³-hybridized carbons (Fsp3) is 0.682. The van der Waals surface area contributed by atoms with E-state index in [9.17, 15) is 9.59 Å². The number of likely N-dealkylation sites (tertiary alicyclic amines) is 1. The molecule has 0 bridgehead atoms. The van der Waals surface area contributed by atoms with Crippen molar-refractivity contribution in [2.75, 3.05) is 26.2 Å². The van der Waals surface area contributed by atoms with Gasteiger partial charge in [-0.3, -0.25) is 19.1 Å². The quantitative estimate of drug-likeness (QED) is 0.784. The standard InChI is InChI=1S/C22H32N4O2S/c1-13(2)20-24-21-19(14(3)15(4)29-21)22(28)26(20)17-6-5-9-25(11-17)12-18(27)23-10-16-7-8-16/h13,16-17H,5-12H2,1-4H3,(H,23,27)/t17-/m0/s1. The van der Waals surface area contributed by atoms with Crippen molar-refractivity contribution in [3.05, 3.63) is 26.6 Å². The number of thiophene rings is 1. The van der Waals surface area contributed by atoms with Crippen molar-refractivity contribution in [3.8, 4) is 0 Å². The number of piperidine rings is 1. The number of carbonyl (C=O) groups is 1. The number of nitrogens with zero attached hydrogens (tertiary/aromatic N) is 3. The van der Waals surface area contributed by atoms with Gasteiger partial charge in [0.25, 0.3) is 5.56 Å². The molecule has 2 aliphatic rings. The molecule has 0 unspecified atom stereocenters. The van der Waals surface area contributed by atoms with Crippen LogP contribution in [0.4, 0.5) is 0 Å². The number of aromatic nitrogens is 2. The van der Waals surface area contributed by atoms with E-state index >= 15 is 0 Å². The third-order valence-corrected chi connectivity index (χ3v) is 7.38. The van der Waals surface area contributed by atoms with Crippen LogP contribution in [0.3, 0.4) is 0 Å². The summed E-state index contributed by atoms with van der Waals surface area (Å²) in [6.45, 7) is 11.1. The Morgan fingerprint density at radius 2 is 2.03 bits per heavy atom. The van der Waals surface area contributed by atoms with Gasteiger partial charge in [-0.25, -0.2) is 4.98 Å². The van der Waals surface area contributed by atoms with E-state index in [0.717, 1.165) is 59.0 Å². The largest absolute Gasteiger partial charge is 0.355 e. The molecular formula is C22H32N4O2S. The minimum absolute atomic E-state index is 0.0707. The van der Waals surface area contributed by atoms with Crippen LogP contribution in [0.2, 0.25) is 0 Å². The molecule has 4 rings (SSSR count). The highest BCUT2D eigenvalue weighted by molar-refractivity contribution is 7.18. The summed E-state index contributed by atoms with van der Waals surface area (Å²) in [4.78, 5) is 35.0. The normalized spacial score (nSPS) is 20.5. The molecule has 1 N–H and O–H groups in total. The van der Waals surface area contributed by atoms with Gasteiger partial charge >= 0.3 is 0 Å². The van der Waals surface area contributed by atoms with Crippen LogP contribution in [0, 0.1) is 19.8 Å². The van der Waals surface area contributed by atoms with Crippen LogP contribution in [-0.2, 0) is 4.79 Å². The van der Waals surface area contributed by atoms with Gasteiger partial charge in [-0.15, -0.1) is 11.3 Å². The molecule has 6 nitrogen and oxygen atoms in total. The van der Waals surface area contributed by atoms with Crippen LogP contribution in [-0.4, -0.2) is 46.5 Å². The monoisotopic (exact) mass is 416 g/mol. The van der Waals surface area contributed by atoms with Crippen LogP contribution in [0.15, 0.2) is 4.79 Å². The fourth-order valence-corrected chi connectivity index (χ4v) is 5.33. The number of aryl methyl sites for hydroxylation is 2. The van der Waals surface area contributed by atoms with E-state index < -0.39 is 0 Å². The molecule has 3 heterocycles. The number of nitrogens with one attached hydrogen (secondary N) is 1. The van der Waals surface area contributed by atoms with Crippen molar-refractivity contribution in [1.82, 2.24) is 19.8 Å². The van der Waals surface area contributed by atoms with Gasteiger partial charge in [-0.1, -0.05) is 13.8 Å². The number of carbonyl (C=O) groups excluding carboxylic acids is 1. The molecule has 1 saturated carbocycles. The average molecular weight is 417 g/mol. The van der Waals surface area contributed by atoms with Crippen LogP contribution in [0.25, 0.3) is 10.2 Å². The maximum atomic E-state index is 13.5. The van der Waals surface area contributed by atoms with Crippen molar-refractivity contribution in [1.29, 1.82) is 0 Å². The Morgan fingerprint density at radius 3 is 2.72 bits per heavy atom. The number of hydrogen-bond donors (Lipinski definition) is 1. The first-order chi connectivity index (χ1) is 13.8. The fourth-order valence-electron chi connectivity index (χ4n) is 4.31. The Bertz CT molecular complexity index is 973. The summed E-state index contributed by atoms with van der Waals surface area (Å²) < 4.78 is 1.94. The Morgan fingerprint density at radius 1 is 1.28 bits per heavy atom. The third kappa shape index (κ3) is 4.26. The van der Waals surface area contributed by atoms with E-state index in [4.69, 9.17) is 4.98 Å². The summed E-state index contributed by atoms with van der Waals surface area (Å²) in [5, 5.41) is 3.84. The third-order valence-electron chi connectivity index (χ3n) is 6.28. The molecule has 158 valence electrons. The highest BCUT2D eigenvalue weighted by atomic mass is 32.1. The number of rotatable bonds is 6. The Balaban J connectivity index is 1.59. The van der Waals surface area contributed by atoms with E-state index in [1.807, 2.05) is 11.5 Å². The average Bonchev–Trinajstić information content (AvgIpc) is 3.45. The van der Waals surface area contributed by atoms with E-state index in [1.165, 1.54) is 12.8 Å². The molecule has 1 saturated heterocycles. The van der Waals surface area contributed by atoms with E-state index in [0.29, 0.717) is 12.5 Å². The van der Waals surface area contributed by atoms with Gasteiger partial charge in [-0.2, -0.15) is 0 Å². The lowest BCUT2D eigenvalue weighted by atomic mass is 10.0. The summed E-state index contributed by atoms with van der Waals surface area (Å²) in [7, 11) is 0. The van der Waals surface area contributed by atoms with Crippen molar-refractivity contribution >= 4 is 27.5 Å². The second kappa shape index (κ2) is 8.19. The van der Waals surface area contributed by atoms with Gasteiger partial charge in [0.05, 0.1) is 18.0 Å². The van der Waals surface area contributed by atoms with E-state index in [-0.39, 0.29) is 23.4 Å². The van der Waals surface area contributed by atoms with E-state index in [1.54, 1.807) is 11.3 Å². The van der Waals surface area contributed by atoms with Crippen LogP contribution >= 0.6 is 11.3 Å². The molecule has 1 aliphatic heterocycles. The minimum atomic E-state index is 0.0707.